The predicted molar refractivity (Wildman–Crippen MR) is 89.4 cm³/mol. The van der Waals surface area contributed by atoms with Gasteiger partial charge in [-0.25, -0.2) is 4.99 Å². The second-order valence-corrected chi connectivity index (χ2v) is 6.04. The maximum absolute atomic E-state index is 12.1. The molecule has 2 aromatic rings. The van der Waals surface area contributed by atoms with E-state index in [0.29, 0.717) is 11.3 Å². The number of hydrogen-bond donors (Lipinski definition) is 3. The molecule has 1 aromatic heterocycles. The van der Waals surface area contributed by atoms with E-state index < -0.39 is 5.54 Å². The van der Waals surface area contributed by atoms with Crippen LogP contribution < -0.4 is 5.73 Å². The van der Waals surface area contributed by atoms with Gasteiger partial charge >= 0.3 is 0 Å². The SMILES string of the molecule is CN1C(=O)C[C@@](C)(c2cc(-c3cc(O)cc(O)c3)ccn2)N=C1N. The van der Waals surface area contributed by atoms with Crippen LogP contribution in [0.25, 0.3) is 11.1 Å². The molecule has 24 heavy (non-hydrogen) atoms. The monoisotopic (exact) mass is 326 g/mol. The predicted octanol–water partition coefficient (Wildman–Crippen LogP) is 1.55. The van der Waals surface area contributed by atoms with Crippen LogP contribution in [-0.4, -0.2) is 39.0 Å². The molecule has 1 aliphatic rings. The number of carbonyl (C=O) groups is 1. The van der Waals surface area contributed by atoms with E-state index in [1.165, 1.54) is 11.0 Å². The quantitative estimate of drug-likeness (QED) is 0.775. The Bertz CT molecular complexity index is 829. The Balaban J connectivity index is 2.06. The Morgan fingerprint density at radius 1 is 1.17 bits per heavy atom. The van der Waals surface area contributed by atoms with E-state index in [9.17, 15) is 15.0 Å². The third-order valence-electron chi connectivity index (χ3n) is 4.12. The molecule has 7 heteroatoms. The van der Waals surface area contributed by atoms with Gasteiger partial charge in [0.05, 0.1) is 12.1 Å². The first-order chi connectivity index (χ1) is 11.3. The summed E-state index contributed by atoms with van der Waals surface area (Å²) in [5, 5.41) is 19.3. The second kappa shape index (κ2) is 5.52. The van der Waals surface area contributed by atoms with Crippen molar-refractivity contribution in [1.82, 2.24) is 9.88 Å². The number of benzene rings is 1. The van der Waals surface area contributed by atoms with Crippen molar-refractivity contribution in [3.63, 3.8) is 0 Å². The van der Waals surface area contributed by atoms with Gasteiger partial charge in [0.2, 0.25) is 5.91 Å². The van der Waals surface area contributed by atoms with E-state index >= 15 is 0 Å². The first kappa shape index (κ1) is 15.8. The normalized spacial score (nSPS) is 20.8. The van der Waals surface area contributed by atoms with Crippen LogP contribution >= 0.6 is 0 Å². The first-order valence-electron chi connectivity index (χ1n) is 7.40. The van der Waals surface area contributed by atoms with Crippen LogP contribution in [0.1, 0.15) is 19.0 Å². The zero-order valence-corrected chi connectivity index (χ0v) is 13.4. The van der Waals surface area contributed by atoms with Crippen molar-refractivity contribution in [1.29, 1.82) is 0 Å². The summed E-state index contributed by atoms with van der Waals surface area (Å²) in [5.41, 5.74) is 6.94. The van der Waals surface area contributed by atoms with Gasteiger partial charge < -0.3 is 15.9 Å². The Hall–Kier alpha value is -3.09. The summed E-state index contributed by atoms with van der Waals surface area (Å²) in [7, 11) is 1.58. The number of phenols is 2. The lowest BCUT2D eigenvalue weighted by molar-refractivity contribution is -0.128. The lowest BCUT2D eigenvalue weighted by Crippen LogP contribution is -2.47. The summed E-state index contributed by atoms with van der Waals surface area (Å²) >= 11 is 0. The minimum Gasteiger partial charge on any atom is -0.508 e. The highest BCUT2D eigenvalue weighted by atomic mass is 16.3. The molecule has 0 fully saturated rings. The number of amides is 1. The molecule has 0 spiro atoms. The summed E-state index contributed by atoms with van der Waals surface area (Å²) in [4.78, 5) is 22.2. The third-order valence-corrected chi connectivity index (χ3v) is 4.12. The van der Waals surface area contributed by atoms with Gasteiger partial charge in [-0.1, -0.05) is 0 Å². The smallest absolute Gasteiger partial charge is 0.231 e. The summed E-state index contributed by atoms with van der Waals surface area (Å²) in [5.74, 6) is -0.0548. The summed E-state index contributed by atoms with van der Waals surface area (Å²) < 4.78 is 0. The van der Waals surface area contributed by atoms with Gasteiger partial charge in [0, 0.05) is 19.3 Å². The molecule has 4 N–H and O–H groups in total. The summed E-state index contributed by atoms with van der Waals surface area (Å²) in [6.45, 7) is 1.80. The molecule has 0 unspecified atom stereocenters. The number of pyridine rings is 1. The van der Waals surface area contributed by atoms with Crippen LogP contribution in [0.2, 0.25) is 0 Å². The molecule has 1 aliphatic heterocycles. The molecule has 1 amide bonds. The number of aliphatic imine (C=N–C) groups is 1. The number of nitrogens with zero attached hydrogens (tertiary/aromatic N) is 3. The van der Waals surface area contributed by atoms with Crippen LogP contribution in [-0.2, 0) is 10.3 Å². The van der Waals surface area contributed by atoms with Gasteiger partial charge in [-0.3, -0.25) is 14.7 Å². The number of nitrogens with two attached hydrogens (primary N) is 1. The number of carbonyl (C=O) groups excluding carboxylic acids is 1. The molecule has 124 valence electrons. The van der Waals surface area contributed by atoms with E-state index in [0.717, 1.165) is 5.56 Å². The molecule has 0 saturated carbocycles. The van der Waals surface area contributed by atoms with Crippen molar-refractivity contribution in [2.24, 2.45) is 10.7 Å². The van der Waals surface area contributed by atoms with Gasteiger partial charge in [-0.2, -0.15) is 0 Å². The average molecular weight is 326 g/mol. The molecule has 0 radical (unpaired) electrons. The molecule has 1 atom stereocenters. The molecular formula is C17H18N4O3. The average Bonchev–Trinajstić information content (AvgIpc) is 2.52. The standard InChI is InChI=1S/C17H18N4O3/c1-17(9-15(24)21(2)16(18)20-17)14-7-10(3-4-19-14)11-5-12(22)8-13(23)6-11/h3-8,22-23H,9H2,1-2H3,(H2,18,20)/t17-/m0/s1. The molecule has 3 rings (SSSR count). The van der Waals surface area contributed by atoms with E-state index in [2.05, 4.69) is 9.98 Å². The fourth-order valence-corrected chi connectivity index (χ4v) is 2.72. The number of hydrogen-bond acceptors (Lipinski definition) is 6. The number of guanidine groups is 1. The Morgan fingerprint density at radius 3 is 2.46 bits per heavy atom. The van der Waals surface area contributed by atoms with Gasteiger partial charge in [0.25, 0.3) is 0 Å². The molecule has 1 aromatic carbocycles. The Kier molecular flexibility index (Phi) is 3.63. The Morgan fingerprint density at radius 2 is 1.83 bits per heavy atom. The van der Waals surface area contributed by atoms with Crippen molar-refractivity contribution < 1.29 is 15.0 Å². The lowest BCUT2D eigenvalue weighted by Gasteiger charge is -2.32. The van der Waals surface area contributed by atoms with Gasteiger partial charge in [0.1, 0.15) is 17.0 Å². The topological polar surface area (TPSA) is 112 Å². The van der Waals surface area contributed by atoms with Gasteiger partial charge in [0.15, 0.2) is 5.96 Å². The zero-order valence-electron chi connectivity index (χ0n) is 13.4. The first-order valence-corrected chi connectivity index (χ1v) is 7.40. The third kappa shape index (κ3) is 2.76. The number of rotatable bonds is 2. The molecule has 2 heterocycles. The van der Waals surface area contributed by atoms with Crippen LogP contribution in [0.15, 0.2) is 41.5 Å². The molecular weight excluding hydrogens is 308 g/mol. The zero-order chi connectivity index (χ0) is 17.5. The van der Waals surface area contributed by atoms with Crippen molar-refractivity contribution in [2.45, 2.75) is 18.9 Å². The highest BCUT2D eigenvalue weighted by Crippen LogP contribution is 2.35. The summed E-state index contributed by atoms with van der Waals surface area (Å²) in [6, 6.07) is 7.87. The van der Waals surface area contributed by atoms with Gasteiger partial charge in [-0.05, 0) is 42.3 Å². The van der Waals surface area contributed by atoms with E-state index in [1.54, 1.807) is 44.4 Å². The van der Waals surface area contributed by atoms with Crippen LogP contribution in [0.4, 0.5) is 0 Å². The number of phenolic OH excluding ortho intramolecular Hbond substituents is 2. The fourth-order valence-electron chi connectivity index (χ4n) is 2.72. The number of aromatic nitrogens is 1. The van der Waals surface area contributed by atoms with E-state index in [-0.39, 0.29) is 29.8 Å². The maximum atomic E-state index is 12.1. The summed E-state index contributed by atoms with van der Waals surface area (Å²) in [6.07, 6.45) is 1.76. The minimum absolute atomic E-state index is 0.0358. The molecule has 7 nitrogen and oxygen atoms in total. The molecule has 0 aliphatic carbocycles. The van der Waals surface area contributed by atoms with Crippen molar-refractivity contribution in [3.8, 4) is 22.6 Å². The minimum atomic E-state index is -0.859. The molecule has 0 bridgehead atoms. The van der Waals surface area contributed by atoms with E-state index in [4.69, 9.17) is 5.73 Å². The number of aromatic hydroxyl groups is 2. The Labute approximate surface area is 139 Å². The highest BCUT2D eigenvalue weighted by molar-refractivity contribution is 5.98. The van der Waals surface area contributed by atoms with Crippen molar-refractivity contribution >= 4 is 11.9 Å². The molecule has 0 saturated heterocycles. The van der Waals surface area contributed by atoms with Gasteiger partial charge in [-0.15, -0.1) is 0 Å². The van der Waals surface area contributed by atoms with Crippen LogP contribution in [0, 0.1) is 0 Å². The van der Waals surface area contributed by atoms with Crippen molar-refractivity contribution in [3.05, 3.63) is 42.2 Å². The van der Waals surface area contributed by atoms with Crippen LogP contribution in [0.5, 0.6) is 11.5 Å². The second-order valence-electron chi connectivity index (χ2n) is 6.04. The largest absolute Gasteiger partial charge is 0.508 e. The van der Waals surface area contributed by atoms with Crippen LogP contribution in [0.3, 0.4) is 0 Å². The lowest BCUT2D eigenvalue weighted by atomic mass is 9.90. The highest BCUT2D eigenvalue weighted by Gasteiger charge is 2.37. The fraction of sp³-hybridized carbons (Fsp3) is 0.235. The maximum Gasteiger partial charge on any atom is 0.231 e. The van der Waals surface area contributed by atoms with Crippen molar-refractivity contribution in [2.75, 3.05) is 7.05 Å². The van der Waals surface area contributed by atoms with E-state index in [1.807, 2.05) is 0 Å².